The molecular formula is C24H27NO5. The molecule has 6 nitrogen and oxygen atoms in total. The van der Waals surface area contributed by atoms with E-state index in [1.807, 2.05) is 32.9 Å². The molecule has 0 spiro atoms. The number of hydrogen-bond acceptors (Lipinski definition) is 5. The van der Waals surface area contributed by atoms with Crippen molar-refractivity contribution in [2.75, 3.05) is 13.7 Å². The third-order valence-corrected chi connectivity index (χ3v) is 4.02. The number of para-hydroxylation sites is 1. The van der Waals surface area contributed by atoms with Gasteiger partial charge in [-0.1, -0.05) is 36.4 Å². The second kappa shape index (κ2) is 10.4. The number of ether oxygens (including phenoxy) is 2. The maximum Gasteiger partial charge on any atom is 0.331 e. The predicted octanol–water partition coefficient (Wildman–Crippen LogP) is 3.59. The average Bonchev–Trinajstić information content (AvgIpc) is 2.70. The zero-order valence-corrected chi connectivity index (χ0v) is 17.7. The van der Waals surface area contributed by atoms with Crippen molar-refractivity contribution in [2.24, 2.45) is 0 Å². The lowest BCUT2D eigenvalue weighted by molar-refractivity contribution is -0.148. The van der Waals surface area contributed by atoms with Gasteiger partial charge in [-0.2, -0.15) is 0 Å². The lowest BCUT2D eigenvalue weighted by Crippen LogP contribution is -2.30. The van der Waals surface area contributed by atoms with Crippen molar-refractivity contribution in [3.05, 3.63) is 71.3 Å². The molecule has 1 amide bonds. The van der Waals surface area contributed by atoms with Gasteiger partial charge in [0.15, 0.2) is 5.78 Å². The number of hydrogen-bond donors (Lipinski definition) is 1. The smallest absolute Gasteiger partial charge is 0.331 e. The van der Waals surface area contributed by atoms with Crippen LogP contribution in [-0.4, -0.2) is 36.9 Å². The molecule has 0 heterocycles. The molecule has 1 N–H and O–H groups in total. The van der Waals surface area contributed by atoms with Gasteiger partial charge in [0.1, 0.15) is 11.4 Å². The van der Waals surface area contributed by atoms with E-state index in [0.29, 0.717) is 11.3 Å². The maximum atomic E-state index is 12.3. The van der Waals surface area contributed by atoms with Crippen molar-refractivity contribution in [2.45, 2.75) is 32.8 Å². The molecule has 0 bridgehead atoms. The quantitative estimate of drug-likeness (QED) is 0.409. The molecule has 0 atom stereocenters. The van der Waals surface area contributed by atoms with Gasteiger partial charge in [-0.15, -0.1) is 0 Å². The summed E-state index contributed by atoms with van der Waals surface area (Å²) in [4.78, 5) is 36.2. The Bertz CT molecular complexity index is 923. The van der Waals surface area contributed by atoms with E-state index in [-0.39, 0.29) is 24.7 Å². The van der Waals surface area contributed by atoms with Crippen LogP contribution >= 0.6 is 0 Å². The lowest BCUT2D eigenvalue weighted by atomic mass is 10.1. The van der Waals surface area contributed by atoms with Crippen LogP contribution in [0.15, 0.2) is 54.6 Å². The molecular weight excluding hydrogens is 382 g/mol. The van der Waals surface area contributed by atoms with Gasteiger partial charge in [0.05, 0.1) is 25.6 Å². The number of benzene rings is 2. The molecule has 0 aliphatic carbocycles. The summed E-state index contributed by atoms with van der Waals surface area (Å²) in [7, 11) is 1.50. The number of rotatable bonds is 8. The fraction of sp³-hybridized carbons (Fsp3) is 0.292. The molecule has 2 aromatic rings. The van der Waals surface area contributed by atoms with Crippen molar-refractivity contribution in [1.29, 1.82) is 0 Å². The summed E-state index contributed by atoms with van der Waals surface area (Å²) in [6.45, 7) is 5.32. The molecule has 30 heavy (non-hydrogen) atoms. The zero-order valence-electron chi connectivity index (χ0n) is 17.7. The van der Waals surface area contributed by atoms with Crippen molar-refractivity contribution < 1.29 is 23.9 Å². The summed E-state index contributed by atoms with van der Waals surface area (Å²) in [5.41, 5.74) is 1.51. The Kier molecular flexibility index (Phi) is 7.92. The van der Waals surface area contributed by atoms with Crippen molar-refractivity contribution in [3.8, 4) is 5.75 Å². The highest BCUT2D eigenvalue weighted by Gasteiger charge is 2.14. The second-order valence-corrected chi connectivity index (χ2v) is 7.69. The first-order valence-corrected chi connectivity index (χ1v) is 9.61. The average molecular weight is 409 g/mol. The largest absolute Gasteiger partial charge is 0.496 e. The van der Waals surface area contributed by atoms with Crippen LogP contribution in [0.3, 0.4) is 0 Å². The number of carbonyl (C=O) groups is 3. The van der Waals surface area contributed by atoms with Gasteiger partial charge in [-0.25, -0.2) is 4.79 Å². The maximum absolute atomic E-state index is 12.3. The van der Waals surface area contributed by atoms with Crippen LogP contribution in [0.5, 0.6) is 5.75 Å². The summed E-state index contributed by atoms with van der Waals surface area (Å²) in [6.07, 6.45) is 3.18. The van der Waals surface area contributed by atoms with E-state index < -0.39 is 11.6 Å². The number of carbonyl (C=O) groups excluding carboxylic acids is 3. The molecule has 0 aromatic heterocycles. The van der Waals surface area contributed by atoms with E-state index >= 15 is 0 Å². The molecule has 2 rings (SSSR count). The van der Waals surface area contributed by atoms with E-state index in [1.165, 1.54) is 13.2 Å². The highest BCUT2D eigenvalue weighted by atomic mass is 16.6. The van der Waals surface area contributed by atoms with Crippen LogP contribution in [0.1, 0.15) is 42.3 Å². The molecule has 6 heteroatoms. The number of Topliss-reactive ketones (excluding diaryl/α,β-unsaturated/α-hetero) is 1. The molecule has 0 fully saturated rings. The van der Waals surface area contributed by atoms with Gasteiger partial charge < -0.3 is 14.8 Å². The topological polar surface area (TPSA) is 81.7 Å². The van der Waals surface area contributed by atoms with Gasteiger partial charge in [0.2, 0.25) is 5.91 Å². The fourth-order valence-corrected chi connectivity index (χ4v) is 2.64. The van der Waals surface area contributed by atoms with Gasteiger partial charge in [-0.3, -0.25) is 9.59 Å². The predicted molar refractivity (Wildman–Crippen MR) is 115 cm³/mol. The number of esters is 1. The van der Waals surface area contributed by atoms with Crippen LogP contribution in [0.4, 0.5) is 0 Å². The molecule has 0 unspecified atom stereocenters. The Hall–Kier alpha value is -3.41. The summed E-state index contributed by atoms with van der Waals surface area (Å²) in [5.74, 6) is -0.406. The Morgan fingerprint density at radius 3 is 2.30 bits per heavy atom. The molecule has 158 valence electrons. The summed E-state index contributed by atoms with van der Waals surface area (Å²) >= 11 is 0. The Balaban J connectivity index is 1.86. The van der Waals surface area contributed by atoms with Gasteiger partial charge in [0.25, 0.3) is 0 Å². The zero-order chi connectivity index (χ0) is 22.1. The van der Waals surface area contributed by atoms with Crippen molar-refractivity contribution in [1.82, 2.24) is 5.32 Å². The molecule has 2 aromatic carbocycles. The van der Waals surface area contributed by atoms with Crippen LogP contribution < -0.4 is 10.1 Å². The Labute approximate surface area is 176 Å². The first-order chi connectivity index (χ1) is 14.2. The van der Waals surface area contributed by atoms with Crippen molar-refractivity contribution >= 4 is 23.7 Å². The standard InChI is InChI=1S/C24H27NO5/c1-24(2,3)30-23(28)14-13-17-9-11-18(12-10-17)15-22(27)25-16-20(26)19-7-5-6-8-21(19)29-4/h5-14H,15-16H2,1-4H3,(H,25,27)/b14-13+. The SMILES string of the molecule is COc1ccccc1C(=O)CNC(=O)Cc1ccc(/C=C/C(=O)OC(C)(C)C)cc1. The number of methoxy groups -OCH3 is 1. The summed E-state index contributed by atoms with van der Waals surface area (Å²) < 4.78 is 10.4. The highest BCUT2D eigenvalue weighted by Crippen LogP contribution is 2.17. The third-order valence-electron chi connectivity index (χ3n) is 4.02. The summed E-state index contributed by atoms with van der Waals surface area (Å²) in [5, 5.41) is 2.64. The highest BCUT2D eigenvalue weighted by molar-refractivity contribution is 6.01. The van der Waals surface area contributed by atoms with E-state index in [2.05, 4.69) is 5.32 Å². The summed E-state index contributed by atoms with van der Waals surface area (Å²) in [6, 6.07) is 14.1. The molecule has 0 radical (unpaired) electrons. The van der Waals surface area contributed by atoms with Crippen LogP contribution in [0.2, 0.25) is 0 Å². The Morgan fingerprint density at radius 1 is 1.00 bits per heavy atom. The van der Waals surface area contributed by atoms with Gasteiger partial charge in [-0.05, 0) is 50.1 Å². The van der Waals surface area contributed by atoms with E-state index in [1.54, 1.807) is 42.5 Å². The first-order valence-electron chi connectivity index (χ1n) is 9.61. The minimum Gasteiger partial charge on any atom is -0.496 e. The second-order valence-electron chi connectivity index (χ2n) is 7.69. The lowest BCUT2D eigenvalue weighted by Gasteiger charge is -2.17. The molecule has 0 saturated heterocycles. The number of amides is 1. The van der Waals surface area contributed by atoms with E-state index in [4.69, 9.17) is 9.47 Å². The third kappa shape index (κ3) is 7.54. The Morgan fingerprint density at radius 2 is 1.67 bits per heavy atom. The van der Waals surface area contributed by atoms with E-state index in [0.717, 1.165) is 11.1 Å². The van der Waals surface area contributed by atoms with Crippen molar-refractivity contribution in [3.63, 3.8) is 0 Å². The van der Waals surface area contributed by atoms with E-state index in [9.17, 15) is 14.4 Å². The van der Waals surface area contributed by atoms with Crippen LogP contribution in [-0.2, 0) is 20.7 Å². The number of nitrogens with one attached hydrogen (secondary N) is 1. The van der Waals surface area contributed by atoms with Crippen LogP contribution in [0.25, 0.3) is 6.08 Å². The first kappa shape index (κ1) is 22.9. The van der Waals surface area contributed by atoms with Gasteiger partial charge >= 0.3 is 5.97 Å². The van der Waals surface area contributed by atoms with Crippen LogP contribution in [0, 0.1) is 0 Å². The normalized spacial score (nSPS) is 11.2. The molecule has 0 aliphatic rings. The fourth-order valence-electron chi connectivity index (χ4n) is 2.64. The minimum atomic E-state index is -0.536. The molecule has 0 saturated carbocycles. The number of ketones is 1. The molecule has 0 aliphatic heterocycles. The monoisotopic (exact) mass is 409 g/mol. The van der Waals surface area contributed by atoms with Gasteiger partial charge in [0, 0.05) is 6.08 Å². The minimum absolute atomic E-state index is 0.101.